The molecule has 0 radical (unpaired) electrons. The van der Waals surface area contributed by atoms with Crippen molar-refractivity contribution in [1.29, 1.82) is 0 Å². The minimum absolute atomic E-state index is 0.0573. The van der Waals surface area contributed by atoms with Crippen LogP contribution >= 0.6 is 22.9 Å². The molecule has 172 valence electrons. The third-order valence-electron chi connectivity index (χ3n) is 5.96. The number of piperidine rings is 1. The average molecular weight is 490 g/mol. The molecular formula is C26H24ClN5OS. The van der Waals surface area contributed by atoms with Crippen LogP contribution in [0.2, 0.25) is 5.02 Å². The molecule has 1 aromatic carbocycles. The fourth-order valence-corrected chi connectivity index (χ4v) is 4.98. The molecule has 1 amide bonds. The van der Waals surface area contributed by atoms with Crippen LogP contribution in [-0.4, -0.2) is 44.5 Å². The standard InChI is InChI=1S/C26H24ClN5OS/c1-2-18-17-28-32-24(16-23(30-26(18)32)21-7-3-4-8-22(21)27)29-19-11-13-31(14-12-19)25(33)10-9-20-6-5-15-34-20/h2-10,15-17,19,29H,1,11-14H2/b10-9+. The van der Waals surface area contributed by atoms with E-state index in [1.165, 1.54) is 0 Å². The van der Waals surface area contributed by atoms with Crippen LogP contribution < -0.4 is 5.32 Å². The number of anilines is 1. The van der Waals surface area contributed by atoms with Gasteiger partial charge in [-0.05, 0) is 36.4 Å². The van der Waals surface area contributed by atoms with Crippen molar-refractivity contribution >= 4 is 52.5 Å². The SMILES string of the molecule is C=Cc1cnn2c(NC3CCN(C(=O)/C=C/c4cccs4)CC3)cc(-c3ccccc3Cl)nc12. The summed E-state index contributed by atoms with van der Waals surface area (Å²) < 4.78 is 1.80. The molecule has 3 aromatic heterocycles. The van der Waals surface area contributed by atoms with E-state index in [-0.39, 0.29) is 11.9 Å². The highest BCUT2D eigenvalue weighted by atomic mass is 35.5. The molecule has 5 rings (SSSR count). The lowest BCUT2D eigenvalue weighted by molar-refractivity contribution is -0.126. The Hall–Kier alpha value is -3.42. The van der Waals surface area contributed by atoms with Crippen LogP contribution in [0.5, 0.6) is 0 Å². The van der Waals surface area contributed by atoms with Crippen molar-refractivity contribution in [3.05, 3.63) is 82.2 Å². The number of aromatic nitrogens is 3. The first-order valence-electron chi connectivity index (χ1n) is 11.2. The summed E-state index contributed by atoms with van der Waals surface area (Å²) in [5, 5.41) is 10.8. The minimum Gasteiger partial charge on any atom is -0.367 e. The molecule has 0 spiro atoms. The summed E-state index contributed by atoms with van der Waals surface area (Å²) >= 11 is 8.08. The number of likely N-dealkylation sites (tertiary alicyclic amines) is 1. The number of carbonyl (C=O) groups excluding carboxylic acids is 1. The van der Waals surface area contributed by atoms with E-state index >= 15 is 0 Å². The quantitative estimate of drug-likeness (QED) is 0.344. The summed E-state index contributed by atoms with van der Waals surface area (Å²) in [6.45, 7) is 5.30. The highest BCUT2D eigenvalue weighted by Gasteiger charge is 2.23. The first-order chi connectivity index (χ1) is 16.6. The smallest absolute Gasteiger partial charge is 0.246 e. The first kappa shape index (κ1) is 22.4. The minimum atomic E-state index is 0.0573. The van der Waals surface area contributed by atoms with E-state index in [4.69, 9.17) is 16.6 Å². The zero-order chi connectivity index (χ0) is 23.5. The summed E-state index contributed by atoms with van der Waals surface area (Å²) in [7, 11) is 0. The number of amides is 1. The number of hydrogen-bond acceptors (Lipinski definition) is 5. The molecule has 1 N–H and O–H groups in total. The van der Waals surface area contributed by atoms with E-state index in [2.05, 4.69) is 17.0 Å². The van der Waals surface area contributed by atoms with Gasteiger partial charge in [0.25, 0.3) is 0 Å². The van der Waals surface area contributed by atoms with Gasteiger partial charge in [0.2, 0.25) is 5.91 Å². The van der Waals surface area contributed by atoms with Gasteiger partial charge in [-0.1, -0.05) is 48.5 Å². The lowest BCUT2D eigenvalue weighted by Crippen LogP contribution is -2.42. The molecule has 34 heavy (non-hydrogen) atoms. The zero-order valence-electron chi connectivity index (χ0n) is 18.5. The van der Waals surface area contributed by atoms with Gasteiger partial charge >= 0.3 is 0 Å². The van der Waals surface area contributed by atoms with E-state index in [1.807, 2.05) is 58.8 Å². The largest absolute Gasteiger partial charge is 0.367 e. The second-order valence-corrected chi connectivity index (χ2v) is 9.53. The van der Waals surface area contributed by atoms with Crippen LogP contribution in [0.25, 0.3) is 29.1 Å². The van der Waals surface area contributed by atoms with Crippen LogP contribution in [0.1, 0.15) is 23.3 Å². The Labute approximate surface area is 207 Å². The third-order valence-corrected chi connectivity index (χ3v) is 7.13. The molecule has 1 saturated heterocycles. The molecule has 0 saturated carbocycles. The molecule has 0 atom stereocenters. The highest BCUT2D eigenvalue weighted by Crippen LogP contribution is 2.30. The summed E-state index contributed by atoms with van der Waals surface area (Å²) in [5.41, 5.74) is 3.22. The number of halogens is 1. The number of thiophene rings is 1. The van der Waals surface area contributed by atoms with Gasteiger partial charge in [-0.2, -0.15) is 9.61 Å². The normalized spacial score (nSPS) is 14.7. The summed E-state index contributed by atoms with van der Waals surface area (Å²) in [4.78, 5) is 20.4. The topological polar surface area (TPSA) is 62.5 Å². The second kappa shape index (κ2) is 9.83. The highest BCUT2D eigenvalue weighted by molar-refractivity contribution is 7.10. The maximum absolute atomic E-state index is 12.6. The van der Waals surface area contributed by atoms with Crippen molar-refractivity contribution in [2.24, 2.45) is 0 Å². The number of nitrogens with one attached hydrogen (secondary N) is 1. The van der Waals surface area contributed by atoms with Crippen LogP contribution in [0.15, 0.2) is 66.7 Å². The van der Waals surface area contributed by atoms with Crippen molar-refractivity contribution < 1.29 is 4.79 Å². The first-order valence-corrected chi connectivity index (χ1v) is 12.4. The Morgan fingerprint density at radius 3 is 2.76 bits per heavy atom. The van der Waals surface area contributed by atoms with Crippen molar-refractivity contribution in [3.63, 3.8) is 0 Å². The average Bonchev–Trinajstić information content (AvgIpc) is 3.53. The van der Waals surface area contributed by atoms with Crippen LogP contribution in [0.3, 0.4) is 0 Å². The molecule has 4 heterocycles. The summed E-state index contributed by atoms with van der Waals surface area (Å²) in [6, 6.07) is 13.9. The zero-order valence-corrected chi connectivity index (χ0v) is 20.1. The predicted molar refractivity (Wildman–Crippen MR) is 140 cm³/mol. The van der Waals surface area contributed by atoms with Crippen LogP contribution in [0, 0.1) is 0 Å². The van der Waals surface area contributed by atoms with E-state index in [0.29, 0.717) is 18.1 Å². The van der Waals surface area contributed by atoms with Gasteiger partial charge in [-0.3, -0.25) is 4.79 Å². The van der Waals surface area contributed by atoms with Gasteiger partial charge in [0, 0.05) is 52.3 Å². The van der Waals surface area contributed by atoms with Gasteiger partial charge in [-0.15, -0.1) is 11.3 Å². The Bertz CT molecular complexity index is 1350. The van der Waals surface area contributed by atoms with Crippen molar-refractivity contribution in [1.82, 2.24) is 19.5 Å². The fourth-order valence-electron chi connectivity index (χ4n) is 4.13. The maximum Gasteiger partial charge on any atom is 0.246 e. The Morgan fingerprint density at radius 2 is 2.03 bits per heavy atom. The number of rotatable bonds is 6. The van der Waals surface area contributed by atoms with Gasteiger partial charge in [0.1, 0.15) is 5.82 Å². The van der Waals surface area contributed by atoms with E-state index in [1.54, 1.807) is 34.2 Å². The van der Waals surface area contributed by atoms with Crippen molar-refractivity contribution in [2.45, 2.75) is 18.9 Å². The van der Waals surface area contributed by atoms with E-state index < -0.39 is 0 Å². The van der Waals surface area contributed by atoms with Crippen molar-refractivity contribution in [2.75, 3.05) is 18.4 Å². The lowest BCUT2D eigenvalue weighted by atomic mass is 10.0. The predicted octanol–water partition coefficient (Wildman–Crippen LogP) is 5.87. The molecule has 4 aromatic rings. The molecule has 0 aliphatic carbocycles. The van der Waals surface area contributed by atoms with Crippen molar-refractivity contribution in [3.8, 4) is 11.3 Å². The third kappa shape index (κ3) is 4.62. The monoisotopic (exact) mass is 489 g/mol. The molecule has 1 aliphatic rings. The molecule has 1 aliphatic heterocycles. The number of carbonyl (C=O) groups is 1. The molecular weight excluding hydrogens is 466 g/mol. The Morgan fingerprint density at radius 1 is 1.21 bits per heavy atom. The van der Waals surface area contributed by atoms with Gasteiger partial charge < -0.3 is 10.2 Å². The summed E-state index contributed by atoms with van der Waals surface area (Å²) in [6.07, 6.45) is 8.76. The Balaban J connectivity index is 1.34. The molecule has 1 fully saturated rings. The molecule has 0 unspecified atom stereocenters. The van der Waals surface area contributed by atoms with Gasteiger partial charge in [0.15, 0.2) is 5.65 Å². The van der Waals surface area contributed by atoms with Gasteiger partial charge in [0.05, 0.1) is 11.9 Å². The number of benzene rings is 1. The molecule has 0 bridgehead atoms. The molecule has 8 heteroatoms. The van der Waals surface area contributed by atoms with Crippen LogP contribution in [0.4, 0.5) is 5.82 Å². The maximum atomic E-state index is 12.6. The number of nitrogens with zero attached hydrogens (tertiary/aromatic N) is 4. The Kier molecular flexibility index (Phi) is 6.47. The fraction of sp³-hybridized carbons (Fsp3) is 0.192. The second-order valence-electron chi connectivity index (χ2n) is 8.14. The molecule has 6 nitrogen and oxygen atoms in total. The van der Waals surface area contributed by atoms with Gasteiger partial charge in [-0.25, -0.2) is 4.98 Å². The number of hydrogen-bond donors (Lipinski definition) is 1. The van der Waals surface area contributed by atoms with E-state index in [9.17, 15) is 4.79 Å². The van der Waals surface area contributed by atoms with E-state index in [0.717, 1.165) is 46.0 Å². The summed E-state index contributed by atoms with van der Waals surface area (Å²) in [5.74, 6) is 0.900. The van der Waals surface area contributed by atoms with Crippen LogP contribution in [-0.2, 0) is 4.79 Å². The lowest BCUT2D eigenvalue weighted by Gasteiger charge is -2.32. The number of fused-ring (bicyclic) bond motifs is 1.